The molecule has 0 aliphatic carbocycles. The first-order chi connectivity index (χ1) is 8.41. The highest BCUT2D eigenvalue weighted by Gasteiger charge is 2.14. The first kappa shape index (κ1) is 17.7. The number of halogens is 1. The summed E-state index contributed by atoms with van der Waals surface area (Å²) in [7, 11) is 1.74. The highest BCUT2D eigenvalue weighted by Crippen LogP contribution is 2.06. The van der Waals surface area contributed by atoms with Gasteiger partial charge in [0.05, 0.1) is 5.56 Å². The van der Waals surface area contributed by atoms with E-state index in [-0.39, 0.29) is 29.9 Å². The quantitative estimate of drug-likeness (QED) is 0.855. The summed E-state index contributed by atoms with van der Waals surface area (Å²) in [6.07, 6.45) is 2.20. The molecule has 19 heavy (non-hydrogen) atoms. The number of H-pyrrole nitrogens is 1. The number of nitrogens with two attached hydrogens (primary N) is 1. The van der Waals surface area contributed by atoms with E-state index in [0.717, 1.165) is 6.42 Å². The van der Waals surface area contributed by atoms with Crippen LogP contribution in [0.4, 0.5) is 0 Å². The summed E-state index contributed by atoms with van der Waals surface area (Å²) in [6.45, 7) is 4.74. The van der Waals surface area contributed by atoms with Gasteiger partial charge in [0.15, 0.2) is 0 Å². The van der Waals surface area contributed by atoms with Crippen LogP contribution in [0.3, 0.4) is 0 Å². The Kier molecular flexibility index (Phi) is 7.41. The molecule has 1 amide bonds. The lowest BCUT2D eigenvalue weighted by atomic mass is 10.0. The number of amides is 1. The Morgan fingerprint density at radius 1 is 1.42 bits per heavy atom. The molecule has 0 aliphatic heterocycles. The SMILES string of the molecule is CC(C)C(N)CCN(C)C(=O)c1ccc(=O)[nH]c1.Cl. The van der Waals surface area contributed by atoms with Crippen LogP contribution < -0.4 is 11.3 Å². The van der Waals surface area contributed by atoms with E-state index in [4.69, 9.17) is 5.73 Å². The molecule has 0 saturated carbocycles. The minimum absolute atomic E-state index is 0. The molecule has 1 aromatic heterocycles. The van der Waals surface area contributed by atoms with E-state index in [1.165, 1.54) is 18.3 Å². The Bertz CT molecular complexity index is 439. The van der Waals surface area contributed by atoms with Gasteiger partial charge < -0.3 is 15.6 Å². The number of pyridine rings is 1. The maximum absolute atomic E-state index is 12.0. The monoisotopic (exact) mass is 287 g/mol. The normalized spacial score (nSPS) is 11.8. The number of carbonyl (C=O) groups is 1. The third-order valence-electron chi connectivity index (χ3n) is 3.03. The van der Waals surface area contributed by atoms with Gasteiger partial charge in [-0.2, -0.15) is 0 Å². The minimum atomic E-state index is -0.212. The van der Waals surface area contributed by atoms with Crippen molar-refractivity contribution < 1.29 is 4.79 Å². The lowest BCUT2D eigenvalue weighted by Gasteiger charge is -2.21. The van der Waals surface area contributed by atoms with Gasteiger partial charge in [-0.15, -0.1) is 12.4 Å². The maximum Gasteiger partial charge on any atom is 0.255 e. The number of hydrogen-bond acceptors (Lipinski definition) is 3. The van der Waals surface area contributed by atoms with Gasteiger partial charge >= 0.3 is 0 Å². The molecule has 1 aromatic rings. The van der Waals surface area contributed by atoms with Crippen LogP contribution in [0.1, 0.15) is 30.6 Å². The van der Waals surface area contributed by atoms with Gasteiger partial charge in [-0.3, -0.25) is 9.59 Å². The van der Waals surface area contributed by atoms with E-state index in [2.05, 4.69) is 18.8 Å². The summed E-state index contributed by atoms with van der Waals surface area (Å²) in [4.78, 5) is 27.0. The first-order valence-corrected chi connectivity index (χ1v) is 6.11. The Labute approximate surface area is 119 Å². The standard InChI is InChI=1S/C13H21N3O2.ClH/c1-9(2)11(14)6-7-16(3)13(18)10-4-5-12(17)15-8-10;/h4-5,8-9,11H,6-7,14H2,1-3H3,(H,15,17);1H. The highest BCUT2D eigenvalue weighted by atomic mass is 35.5. The summed E-state index contributed by atoms with van der Waals surface area (Å²) in [5.41, 5.74) is 6.21. The van der Waals surface area contributed by atoms with E-state index >= 15 is 0 Å². The van der Waals surface area contributed by atoms with Crippen molar-refractivity contribution in [3.63, 3.8) is 0 Å². The van der Waals surface area contributed by atoms with Crippen molar-refractivity contribution in [3.05, 3.63) is 34.2 Å². The molecule has 0 bridgehead atoms. The van der Waals surface area contributed by atoms with Crippen molar-refractivity contribution in [1.82, 2.24) is 9.88 Å². The van der Waals surface area contributed by atoms with Gasteiger partial charge in [0.25, 0.3) is 5.91 Å². The molecule has 0 aromatic carbocycles. The molecule has 1 atom stereocenters. The molecule has 1 unspecified atom stereocenters. The predicted molar refractivity (Wildman–Crippen MR) is 78.7 cm³/mol. The number of hydrogen-bond donors (Lipinski definition) is 2. The smallest absolute Gasteiger partial charge is 0.255 e. The second-order valence-corrected chi connectivity index (χ2v) is 4.86. The Balaban J connectivity index is 0.00000324. The number of aromatic amines is 1. The average molecular weight is 288 g/mol. The van der Waals surface area contributed by atoms with Crippen molar-refractivity contribution in [1.29, 1.82) is 0 Å². The molecule has 5 nitrogen and oxygen atoms in total. The van der Waals surface area contributed by atoms with E-state index in [1.807, 2.05) is 0 Å². The van der Waals surface area contributed by atoms with E-state index in [0.29, 0.717) is 18.0 Å². The first-order valence-electron chi connectivity index (χ1n) is 6.11. The molecular formula is C13H22ClN3O2. The molecule has 0 radical (unpaired) electrons. The van der Waals surface area contributed by atoms with Crippen LogP contribution in [0.25, 0.3) is 0 Å². The number of nitrogens with zero attached hydrogens (tertiary/aromatic N) is 1. The second kappa shape index (κ2) is 7.96. The summed E-state index contributed by atoms with van der Waals surface area (Å²) >= 11 is 0. The van der Waals surface area contributed by atoms with Crippen LogP contribution in [0.15, 0.2) is 23.1 Å². The fourth-order valence-electron chi connectivity index (χ4n) is 1.54. The number of nitrogens with one attached hydrogen (secondary N) is 1. The Hall–Kier alpha value is -1.33. The third kappa shape index (κ3) is 5.44. The minimum Gasteiger partial charge on any atom is -0.342 e. The largest absolute Gasteiger partial charge is 0.342 e. The lowest BCUT2D eigenvalue weighted by Crippen LogP contribution is -2.34. The third-order valence-corrected chi connectivity index (χ3v) is 3.03. The van der Waals surface area contributed by atoms with Crippen molar-refractivity contribution in [3.8, 4) is 0 Å². The zero-order valence-electron chi connectivity index (χ0n) is 11.6. The molecule has 1 heterocycles. The van der Waals surface area contributed by atoms with Gasteiger partial charge in [0, 0.05) is 31.9 Å². The number of aromatic nitrogens is 1. The molecule has 108 valence electrons. The van der Waals surface area contributed by atoms with Crippen molar-refractivity contribution in [2.75, 3.05) is 13.6 Å². The van der Waals surface area contributed by atoms with Gasteiger partial charge in [-0.05, 0) is 18.4 Å². The molecule has 6 heteroatoms. The molecule has 0 saturated heterocycles. The zero-order valence-corrected chi connectivity index (χ0v) is 12.4. The summed E-state index contributed by atoms with van der Waals surface area (Å²) in [5.74, 6) is 0.295. The van der Waals surface area contributed by atoms with Crippen molar-refractivity contribution in [2.45, 2.75) is 26.3 Å². The maximum atomic E-state index is 12.0. The predicted octanol–water partition coefficient (Wildman–Crippen LogP) is 1.24. The van der Waals surface area contributed by atoms with Crippen LogP contribution >= 0.6 is 12.4 Å². The Morgan fingerprint density at radius 3 is 2.53 bits per heavy atom. The van der Waals surface area contributed by atoms with E-state index in [1.54, 1.807) is 11.9 Å². The zero-order chi connectivity index (χ0) is 13.7. The molecule has 1 rings (SSSR count). The van der Waals surface area contributed by atoms with E-state index < -0.39 is 0 Å². The van der Waals surface area contributed by atoms with Crippen LogP contribution in [0.2, 0.25) is 0 Å². The molecule has 3 N–H and O–H groups in total. The number of carbonyl (C=O) groups excluding carboxylic acids is 1. The van der Waals surface area contributed by atoms with Gasteiger partial charge in [-0.1, -0.05) is 13.8 Å². The molecule has 0 aliphatic rings. The topological polar surface area (TPSA) is 79.2 Å². The van der Waals surface area contributed by atoms with Gasteiger partial charge in [0.2, 0.25) is 5.56 Å². The van der Waals surface area contributed by atoms with Gasteiger partial charge in [0.1, 0.15) is 0 Å². The second-order valence-electron chi connectivity index (χ2n) is 4.86. The van der Waals surface area contributed by atoms with Crippen LogP contribution in [0.5, 0.6) is 0 Å². The molecular weight excluding hydrogens is 266 g/mol. The lowest BCUT2D eigenvalue weighted by molar-refractivity contribution is 0.0788. The van der Waals surface area contributed by atoms with Crippen LogP contribution in [-0.2, 0) is 0 Å². The highest BCUT2D eigenvalue weighted by molar-refractivity contribution is 5.93. The molecule has 0 fully saturated rings. The summed E-state index contributed by atoms with van der Waals surface area (Å²) < 4.78 is 0. The summed E-state index contributed by atoms with van der Waals surface area (Å²) in [6, 6.07) is 2.97. The van der Waals surface area contributed by atoms with Crippen LogP contribution in [-0.4, -0.2) is 35.4 Å². The summed E-state index contributed by atoms with van der Waals surface area (Å²) in [5, 5.41) is 0. The fourth-order valence-corrected chi connectivity index (χ4v) is 1.54. The van der Waals surface area contributed by atoms with Gasteiger partial charge in [-0.25, -0.2) is 0 Å². The Morgan fingerprint density at radius 2 is 2.05 bits per heavy atom. The fraction of sp³-hybridized carbons (Fsp3) is 0.538. The van der Waals surface area contributed by atoms with Crippen molar-refractivity contribution >= 4 is 18.3 Å². The number of rotatable bonds is 5. The molecule has 0 spiro atoms. The van der Waals surface area contributed by atoms with Crippen LogP contribution in [0, 0.1) is 5.92 Å². The van der Waals surface area contributed by atoms with E-state index in [9.17, 15) is 9.59 Å². The average Bonchev–Trinajstić information content (AvgIpc) is 2.35. The van der Waals surface area contributed by atoms with Crippen molar-refractivity contribution in [2.24, 2.45) is 11.7 Å².